The summed E-state index contributed by atoms with van der Waals surface area (Å²) in [6.45, 7) is 0. The summed E-state index contributed by atoms with van der Waals surface area (Å²) in [7, 11) is 3.12. The maximum absolute atomic E-state index is 14.7. The predicted octanol–water partition coefficient (Wildman–Crippen LogP) is 2.38. The summed E-state index contributed by atoms with van der Waals surface area (Å²) in [5.41, 5.74) is 5.04. The van der Waals surface area contributed by atoms with E-state index in [1.165, 1.54) is 0 Å². The van der Waals surface area contributed by atoms with Crippen molar-refractivity contribution in [1.82, 2.24) is 0 Å². The van der Waals surface area contributed by atoms with E-state index in [-0.39, 0.29) is 6.04 Å². The van der Waals surface area contributed by atoms with Crippen LogP contribution in [-0.2, 0) is 5.67 Å². The van der Waals surface area contributed by atoms with E-state index in [0.29, 0.717) is 29.9 Å². The fourth-order valence-electron chi connectivity index (χ4n) is 2.36. The van der Waals surface area contributed by atoms with Gasteiger partial charge in [0.25, 0.3) is 0 Å². The Labute approximate surface area is 101 Å². The minimum atomic E-state index is -1.35. The number of methoxy groups -OCH3 is 2. The minimum absolute atomic E-state index is 0.0582. The molecule has 2 N–H and O–H groups in total. The third-order valence-corrected chi connectivity index (χ3v) is 3.37. The molecule has 1 aromatic carbocycles. The monoisotopic (exact) mass is 239 g/mol. The fourth-order valence-corrected chi connectivity index (χ4v) is 2.36. The largest absolute Gasteiger partial charge is 0.497 e. The number of ether oxygens (including phenoxy) is 2. The highest BCUT2D eigenvalue weighted by Crippen LogP contribution is 2.43. The third-order valence-electron chi connectivity index (χ3n) is 3.37. The molecule has 0 heterocycles. The van der Waals surface area contributed by atoms with Gasteiger partial charge in [0.15, 0.2) is 0 Å². The van der Waals surface area contributed by atoms with Gasteiger partial charge in [0.2, 0.25) is 0 Å². The number of hydrogen-bond acceptors (Lipinski definition) is 3. The predicted molar refractivity (Wildman–Crippen MR) is 64.2 cm³/mol. The number of halogens is 1. The van der Waals surface area contributed by atoms with Gasteiger partial charge in [-0.1, -0.05) is 0 Å². The van der Waals surface area contributed by atoms with E-state index in [0.717, 1.165) is 6.42 Å². The Kier molecular flexibility index (Phi) is 3.24. The summed E-state index contributed by atoms with van der Waals surface area (Å²) in [5.74, 6) is 1.22. The molecule has 0 radical (unpaired) electrons. The molecule has 0 saturated heterocycles. The summed E-state index contributed by atoms with van der Waals surface area (Å²) < 4.78 is 25.0. The fraction of sp³-hybridized carbons (Fsp3) is 0.538. The molecule has 0 aliphatic heterocycles. The van der Waals surface area contributed by atoms with Gasteiger partial charge in [-0.2, -0.15) is 0 Å². The van der Waals surface area contributed by atoms with Crippen LogP contribution in [0.15, 0.2) is 18.2 Å². The molecule has 0 spiro atoms. The lowest BCUT2D eigenvalue weighted by Gasteiger charge is -2.21. The van der Waals surface area contributed by atoms with Crippen LogP contribution in [0.25, 0.3) is 0 Å². The van der Waals surface area contributed by atoms with Crippen molar-refractivity contribution in [3.8, 4) is 11.5 Å². The first-order chi connectivity index (χ1) is 8.07. The van der Waals surface area contributed by atoms with E-state index in [2.05, 4.69) is 0 Å². The Hall–Kier alpha value is -1.29. The zero-order chi connectivity index (χ0) is 12.5. The highest BCUT2D eigenvalue weighted by Gasteiger charge is 2.40. The molecule has 94 valence electrons. The van der Waals surface area contributed by atoms with E-state index in [1.54, 1.807) is 32.4 Å². The van der Waals surface area contributed by atoms with E-state index in [4.69, 9.17) is 15.2 Å². The summed E-state index contributed by atoms with van der Waals surface area (Å²) in [4.78, 5) is 0. The van der Waals surface area contributed by atoms with Gasteiger partial charge >= 0.3 is 0 Å². The maximum Gasteiger partial charge on any atom is 0.137 e. The minimum Gasteiger partial charge on any atom is -0.497 e. The molecule has 1 aliphatic carbocycles. The number of nitrogens with two attached hydrogens (primary N) is 1. The number of rotatable bonds is 3. The maximum atomic E-state index is 14.7. The number of hydrogen-bond donors (Lipinski definition) is 1. The van der Waals surface area contributed by atoms with Crippen LogP contribution in [0.1, 0.15) is 24.8 Å². The van der Waals surface area contributed by atoms with Gasteiger partial charge in [-0.05, 0) is 30.5 Å². The quantitative estimate of drug-likeness (QED) is 0.880. The van der Waals surface area contributed by atoms with Crippen LogP contribution in [0.3, 0.4) is 0 Å². The van der Waals surface area contributed by atoms with Gasteiger partial charge in [0, 0.05) is 18.5 Å². The van der Waals surface area contributed by atoms with Gasteiger partial charge < -0.3 is 15.2 Å². The molecule has 17 heavy (non-hydrogen) atoms. The first-order valence-corrected chi connectivity index (χ1v) is 5.75. The molecule has 1 saturated carbocycles. The third kappa shape index (κ3) is 2.36. The van der Waals surface area contributed by atoms with E-state index in [9.17, 15) is 4.39 Å². The van der Waals surface area contributed by atoms with Gasteiger partial charge in [-0.3, -0.25) is 0 Å². The second-order valence-electron chi connectivity index (χ2n) is 4.57. The molecule has 2 unspecified atom stereocenters. The molecule has 1 fully saturated rings. The lowest BCUT2D eigenvalue weighted by atomic mass is 9.93. The average molecular weight is 239 g/mol. The molecule has 2 atom stereocenters. The first kappa shape index (κ1) is 12.2. The zero-order valence-corrected chi connectivity index (χ0v) is 10.2. The molecular formula is C13H18FNO2. The summed E-state index contributed by atoms with van der Waals surface area (Å²) in [6, 6.07) is 5.13. The van der Waals surface area contributed by atoms with Crippen LogP contribution < -0.4 is 15.2 Å². The molecule has 0 bridgehead atoms. The molecule has 0 aromatic heterocycles. The molecule has 4 heteroatoms. The van der Waals surface area contributed by atoms with Crippen LogP contribution in [0.4, 0.5) is 4.39 Å². The van der Waals surface area contributed by atoms with Gasteiger partial charge in [-0.25, -0.2) is 4.39 Å². The van der Waals surface area contributed by atoms with Crippen LogP contribution >= 0.6 is 0 Å². The van der Waals surface area contributed by atoms with Crippen molar-refractivity contribution in [2.24, 2.45) is 5.73 Å². The van der Waals surface area contributed by atoms with Crippen molar-refractivity contribution in [2.75, 3.05) is 14.2 Å². The Morgan fingerprint density at radius 3 is 2.24 bits per heavy atom. The number of alkyl halides is 1. The highest BCUT2D eigenvalue weighted by atomic mass is 19.1. The van der Waals surface area contributed by atoms with E-state index in [1.807, 2.05) is 0 Å². The molecule has 2 rings (SSSR count). The van der Waals surface area contributed by atoms with Crippen LogP contribution in [0.5, 0.6) is 11.5 Å². The van der Waals surface area contributed by atoms with Crippen LogP contribution in [-0.4, -0.2) is 20.3 Å². The van der Waals surface area contributed by atoms with Crippen molar-refractivity contribution in [1.29, 1.82) is 0 Å². The van der Waals surface area contributed by atoms with Crippen LogP contribution in [0.2, 0.25) is 0 Å². The van der Waals surface area contributed by atoms with Crippen molar-refractivity contribution in [3.05, 3.63) is 23.8 Å². The number of benzene rings is 1. The highest BCUT2D eigenvalue weighted by molar-refractivity contribution is 5.41. The van der Waals surface area contributed by atoms with Crippen molar-refractivity contribution >= 4 is 0 Å². The van der Waals surface area contributed by atoms with Crippen molar-refractivity contribution in [3.63, 3.8) is 0 Å². The molecule has 1 aliphatic rings. The second kappa shape index (κ2) is 4.53. The second-order valence-corrected chi connectivity index (χ2v) is 4.57. The van der Waals surface area contributed by atoms with Gasteiger partial charge in [-0.15, -0.1) is 0 Å². The summed E-state index contributed by atoms with van der Waals surface area (Å²) >= 11 is 0. The SMILES string of the molecule is COc1cc(OC)cc(C2(F)CCC(N)C2)c1. The average Bonchev–Trinajstić information content (AvgIpc) is 2.70. The Morgan fingerprint density at radius 1 is 1.24 bits per heavy atom. The Morgan fingerprint density at radius 2 is 1.82 bits per heavy atom. The zero-order valence-electron chi connectivity index (χ0n) is 10.2. The molecule has 1 aromatic rings. The smallest absolute Gasteiger partial charge is 0.137 e. The van der Waals surface area contributed by atoms with Crippen LogP contribution in [0, 0.1) is 0 Å². The lowest BCUT2D eigenvalue weighted by molar-refractivity contribution is 0.171. The summed E-state index contributed by atoms with van der Waals surface area (Å²) in [5, 5.41) is 0. The Bertz CT molecular complexity index is 388. The van der Waals surface area contributed by atoms with Crippen molar-refractivity contribution in [2.45, 2.75) is 31.0 Å². The Balaban J connectivity index is 2.37. The van der Waals surface area contributed by atoms with E-state index < -0.39 is 5.67 Å². The van der Waals surface area contributed by atoms with Gasteiger partial charge in [0.1, 0.15) is 17.2 Å². The topological polar surface area (TPSA) is 44.5 Å². The first-order valence-electron chi connectivity index (χ1n) is 5.75. The van der Waals surface area contributed by atoms with Gasteiger partial charge in [0.05, 0.1) is 14.2 Å². The normalized spacial score (nSPS) is 28.1. The molecule has 0 amide bonds. The molecule has 3 nitrogen and oxygen atoms in total. The lowest BCUT2D eigenvalue weighted by Crippen LogP contribution is -2.21. The molecular weight excluding hydrogens is 221 g/mol. The van der Waals surface area contributed by atoms with E-state index >= 15 is 0 Å². The summed E-state index contributed by atoms with van der Waals surface area (Å²) in [6.07, 6.45) is 1.55. The standard InChI is InChI=1S/C13H18FNO2/c1-16-11-5-9(6-12(7-11)17-2)13(14)4-3-10(15)8-13/h5-7,10H,3-4,8,15H2,1-2H3. The van der Waals surface area contributed by atoms with Crippen molar-refractivity contribution < 1.29 is 13.9 Å².